The van der Waals surface area contributed by atoms with E-state index in [1.54, 1.807) is 0 Å². The molecular formula is C40H30N4OPt+2. The summed E-state index contributed by atoms with van der Waals surface area (Å²) in [5.41, 5.74) is 7.33. The van der Waals surface area contributed by atoms with Crippen LogP contribution in [0.3, 0.4) is 0 Å². The van der Waals surface area contributed by atoms with Crippen molar-refractivity contribution in [3.63, 3.8) is 0 Å². The minimum absolute atomic E-state index is 0. The summed E-state index contributed by atoms with van der Waals surface area (Å²) < 4.78 is 12.7. The third-order valence-corrected chi connectivity index (χ3v) is 8.21. The second-order valence-corrected chi connectivity index (χ2v) is 12.2. The van der Waals surface area contributed by atoms with Gasteiger partial charge in [0.2, 0.25) is 5.69 Å². The maximum absolute atomic E-state index is 6.41. The Morgan fingerprint density at radius 2 is 1.46 bits per heavy atom. The van der Waals surface area contributed by atoms with Crippen LogP contribution in [0.5, 0.6) is 11.5 Å². The van der Waals surface area contributed by atoms with Crippen LogP contribution in [0.25, 0.3) is 27.6 Å². The van der Waals surface area contributed by atoms with Crippen LogP contribution in [-0.4, -0.2) is 15.6 Å². The van der Waals surface area contributed by atoms with E-state index in [2.05, 4.69) is 115 Å². The van der Waals surface area contributed by atoms with Crippen molar-refractivity contribution >= 4 is 50.6 Å². The predicted octanol–water partition coefficient (Wildman–Crippen LogP) is 9.72. The number of nitrogens with zero attached hydrogens (tertiary/aromatic N) is 4. The number of hydrogen-bond donors (Lipinski definition) is 0. The molecule has 0 saturated carbocycles. The third-order valence-electron chi connectivity index (χ3n) is 8.21. The number of benzene rings is 5. The first-order valence-electron chi connectivity index (χ1n) is 15.1. The molecule has 6 heteroatoms. The Bertz CT molecular complexity index is 2330. The Hall–Kier alpha value is -5.08. The molecule has 46 heavy (non-hydrogen) atoms. The number of rotatable bonds is 5. The van der Waals surface area contributed by atoms with Crippen molar-refractivity contribution in [1.82, 2.24) is 18.7 Å². The first kappa shape index (κ1) is 29.6. The van der Waals surface area contributed by atoms with Crippen LogP contribution in [0.1, 0.15) is 26.3 Å². The SMILES string of the molecule is CC(C)(C)c1ccnc(-n2c3c[c-]c(Oc4[c-]c([N+]5=C=[N+](c6ccccc6)c6ccccc65)ccc4)cc3c3ccccc32)c1.[Pt+2]. The summed E-state index contributed by atoms with van der Waals surface area (Å²) in [5.74, 6) is 2.11. The topological polar surface area (TPSA) is 33.1 Å². The van der Waals surface area contributed by atoms with Crippen LogP contribution in [0, 0.1) is 12.1 Å². The van der Waals surface area contributed by atoms with Crippen molar-refractivity contribution in [2.45, 2.75) is 26.2 Å². The fourth-order valence-corrected chi connectivity index (χ4v) is 5.96. The summed E-state index contributed by atoms with van der Waals surface area (Å²) in [5, 5.41) is 2.21. The van der Waals surface area contributed by atoms with Crippen molar-refractivity contribution < 1.29 is 25.8 Å². The van der Waals surface area contributed by atoms with Crippen LogP contribution in [-0.2, 0) is 26.5 Å². The number of pyridine rings is 1. The molecule has 0 aliphatic carbocycles. The largest absolute Gasteiger partial charge is 2.00 e. The van der Waals surface area contributed by atoms with Gasteiger partial charge in [-0.1, -0.05) is 96.9 Å². The zero-order chi connectivity index (χ0) is 30.5. The maximum Gasteiger partial charge on any atom is 2.00 e. The number of ether oxygens (including phenoxy) is 1. The van der Waals surface area contributed by atoms with E-state index in [1.807, 2.05) is 65.4 Å². The van der Waals surface area contributed by atoms with Crippen molar-refractivity contribution in [3.8, 4) is 17.3 Å². The van der Waals surface area contributed by atoms with Crippen LogP contribution in [0.15, 0.2) is 128 Å². The van der Waals surface area contributed by atoms with Crippen molar-refractivity contribution in [2.75, 3.05) is 0 Å². The Labute approximate surface area is 282 Å². The van der Waals surface area contributed by atoms with Gasteiger partial charge >= 0.3 is 27.1 Å². The zero-order valence-electron chi connectivity index (χ0n) is 25.6. The Kier molecular flexibility index (Phi) is 7.53. The second kappa shape index (κ2) is 11.7. The number of fused-ring (bicyclic) bond motifs is 4. The van der Waals surface area contributed by atoms with Gasteiger partial charge in [0.1, 0.15) is 11.5 Å². The number of hydrogen-bond acceptors (Lipinski definition) is 2. The van der Waals surface area contributed by atoms with Gasteiger partial charge in [0, 0.05) is 47.5 Å². The van der Waals surface area contributed by atoms with E-state index in [9.17, 15) is 0 Å². The van der Waals surface area contributed by atoms with E-state index < -0.39 is 0 Å². The van der Waals surface area contributed by atoms with E-state index in [0.717, 1.165) is 50.4 Å². The fourth-order valence-electron chi connectivity index (χ4n) is 5.96. The van der Waals surface area contributed by atoms with Gasteiger partial charge in [-0.3, -0.25) is 0 Å². The van der Waals surface area contributed by atoms with E-state index >= 15 is 0 Å². The van der Waals surface area contributed by atoms with Gasteiger partial charge in [-0.25, -0.2) is 4.98 Å². The molecule has 7 aromatic rings. The quantitative estimate of drug-likeness (QED) is 0.129. The first-order valence-corrected chi connectivity index (χ1v) is 15.1. The van der Waals surface area contributed by atoms with Gasteiger partial charge in [0.25, 0.3) is 11.4 Å². The minimum atomic E-state index is 0. The molecule has 2 aromatic heterocycles. The molecule has 1 aliphatic heterocycles. The normalized spacial score (nSPS) is 12.4. The van der Waals surface area contributed by atoms with Crippen LogP contribution < -0.4 is 13.9 Å². The standard InChI is InChI=1S/C40H30N4O.Pt/c1-40(2,3)28-22-23-41-39(24-28)44-35-17-8-7-16-33(35)34-26-32(20-21-36(34)44)45-31-15-11-14-30(25-31)43-27-42(29-12-5-4-6-13-29)37-18-9-10-19-38(37)43;/h4-19,21-24,26H,1-3H3;/q;+2. The molecule has 0 bridgehead atoms. The molecule has 5 nitrogen and oxygen atoms in total. The Morgan fingerprint density at radius 1 is 0.717 bits per heavy atom. The Balaban J connectivity index is 0.00000338. The zero-order valence-corrected chi connectivity index (χ0v) is 27.9. The van der Waals surface area contributed by atoms with Gasteiger partial charge in [0.15, 0.2) is 0 Å². The van der Waals surface area contributed by atoms with E-state index in [1.165, 1.54) is 5.56 Å². The average molecular weight is 778 g/mol. The molecule has 0 spiro atoms. The molecule has 1 aliphatic rings. The van der Waals surface area contributed by atoms with Gasteiger partial charge in [0.05, 0.1) is 0 Å². The minimum Gasteiger partial charge on any atom is -0.509 e. The Morgan fingerprint density at radius 3 is 2.26 bits per heavy atom. The van der Waals surface area contributed by atoms with Crippen molar-refractivity contribution in [2.24, 2.45) is 0 Å². The summed E-state index contributed by atoms with van der Waals surface area (Å²) in [4.78, 5) is 4.77. The number of aromatic nitrogens is 2. The maximum atomic E-state index is 6.41. The van der Waals surface area contributed by atoms with Crippen LogP contribution in [0.2, 0.25) is 0 Å². The molecule has 8 rings (SSSR count). The van der Waals surface area contributed by atoms with Crippen LogP contribution in [0.4, 0.5) is 22.7 Å². The average Bonchev–Trinajstić information content (AvgIpc) is 3.61. The predicted molar refractivity (Wildman–Crippen MR) is 182 cm³/mol. The molecule has 5 aromatic carbocycles. The van der Waals surface area contributed by atoms with Gasteiger partial charge in [-0.15, -0.1) is 24.3 Å². The molecule has 0 amide bonds. The number of para-hydroxylation sites is 4. The molecule has 3 heterocycles. The monoisotopic (exact) mass is 777 g/mol. The third kappa shape index (κ3) is 5.18. The summed E-state index contributed by atoms with van der Waals surface area (Å²) in [7, 11) is 0. The summed E-state index contributed by atoms with van der Waals surface area (Å²) in [6, 6.07) is 51.6. The molecule has 0 saturated heterocycles. The molecule has 0 N–H and O–H groups in total. The molecular weight excluding hydrogens is 748 g/mol. The molecule has 0 radical (unpaired) electrons. The summed E-state index contributed by atoms with van der Waals surface area (Å²) in [6.07, 6.45) is 1.90. The van der Waals surface area contributed by atoms with Crippen molar-refractivity contribution in [3.05, 3.63) is 145 Å². The van der Waals surface area contributed by atoms with Crippen LogP contribution >= 0.6 is 0 Å². The van der Waals surface area contributed by atoms with E-state index in [-0.39, 0.29) is 26.5 Å². The molecule has 0 fully saturated rings. The van der Waals surface area contributed by atoms with Gasteiger partial charge in [-0.05, 0) is 39.1 Å². The van der Waals surface area contributed by atoms with Crippen molar-refractivity contribution in [1.29, 1.82) is 0 Å². The smallest absolute Gasteiger partial charge is 0.509 e. The van der Waals surface area contributed by atoms with E-state index in [0.29, 0.717) is 11.5 Å². The molecule has 0 unspecified atom stereocenters. The summed E-state index contributed by atoms with van der Waals surface area (Å²) in [6.45, 7) is 6.66. The molecule has 0 atom stereocenters. The first-order chi connectivity index (χ1) is 21.9. The van der Waals surface area contributed by atoms with E-state index in [4.69, 9.17) is 9.72 Å². The summed E-state index contributed by atoms with van der Waals surface area (Å²) >= 11 is 0. The molecule has 224 valence electrons. The second-order valence-electron chi connectivity index (χ2n) is 12.2. The van der Waals surface area contributed by atoms with Gasteiger partial charge in [-0.2, -0.15) is 6.07 Å². The fraction of sp³-hybridized carbons (Fsp3) is 0.100. The van der Waals surface area contributed by atoms with Gasteiger partial charge < -0.3 is 9.30 Å².